The Labute approximate surface area is 146 Å². The number of hydrogen-bond acceptors (Lipinski definition) is 4. The summed E-state index contributed by atoms with van der Waals surface area (Å²) in [6, 6.07) is 12.3. The summed E-state index contributed by atoms with van der Waals surface area (Å²) in [6.07, 6.45) is 2.98. The summed E-state index contributed by atoms with van der Waals surface area (Å²) in [5, 5.41) is 3.91. The van der Waals surface area contributed by atoms with Crippen LogP contribution in [0.3, 0.4) is 0 Å². The van der Waals surface area contributed by atoms with Crippen molar-refractivity contribution in [1.29, 1.82) is 0 Å². The van der Waals surface area contributed by atoms with Gasteiger partial charge < -0.3 is 5.32 Å². The van der Waals surface area contributed by atoms with Crippen LogP contribution in [0, 0.1) is 6.92 Å². The first kappa shape index (κ1) is 16.6. The van der Waals surface area contributed by atoms with Gasteiger partial charge in [0.25, 0.3) is 0 Å². The van der Waals surface area contributed by atoms with Crippen LogP contribution >= 0.6 is 11.3 Å². The van der Waals surface area contributed by atoms with Gasteiger partial charge >= 0.3 is 0 Å². The maximum Gasteiger partial charge on any atom is 0.225 e. The van der Waals surface area contributed by atoms with Crippen molar-refractivity contribution < 1.29 is 4.79 Å². The zero-order chi connectivity index (χ0) is 16.9. The summed E-state index contributed by atoms with van der Waals surface area (Å²) < 4.78 is 0. The molecule has 5 heteroatoms. The molecule has 0 aliphatic heterocycles. The number of rotatable bonds is 6. The van der Waals surface area contributed by atoms with Crippen molar-refractivity contribution in [3.05, 3.63) is 52.7 Å². The van der Waals surface area contributed by atoms with Crippen LogP contribution in [0.15, 0.2) is 36.4 Å². The Bertz CT molecular complexity index is 842. The molecule has 0 bridgehead atoms. The monoisotopic (exact) mass is 339 g/mol. The van der Waals surface area contributed by atoms with Crippen LogP contribution in [0.25, 0.3) is 10.2 Å². The van der Waals surface area contributed by atoms with Crippen molar-refractivity contribution in [3.8, 4) is 0 Å². The first-order chi connectivity index (χ1) is 11.7. The average Bonchev–Trinajstić information content (AvgIpc) is 2.96. The molecular weight excluding hydrogens is 318 g/mol. The second-order valence-corrected chi connectivity index (χ2v) is 7.04. The Kier molecular flexibility index (Phi) is 5.20. The van der Waals surface area contributed by atoms with Gasteiger partial charge in [-0.25, -0.2) is 9.97 Å². The van der Waals surface area contributed by atoms with E-state index in [0.717, 1.165) is 35.3 Å². The molecule has 3 aromatic rings. The number of fused-ring (bicyclic) bond motifs is 1. The molecule has 0 spiro atoms. The molecule has 2 heterocycles. The lowest BCUT2D eigenvalue weighted by atomic mass is 10.1. The second kappa shape index (κ2) is 7.53. The molecule has 3 rings (SSSR count). The van der Waals surface area contributed by atoms with Gasteiger partial charge in [-0.2, -0.15) is 0 Å². The zero-order valence-electron chi connectivity index (χ0n) is 14.0. The molecule has 124 valence electrons. The number of carbonyl (C=O) groups is 1. The van der Waals surface area contributed by atoms with Crippen molar-refractivity contribution >= 4 is 33.3 Å². The fraction of sp³-hybridized carbons (Fsp3) is 0.316. The van der Waals surface area contributed by atoms with Gasteiger partial charge in [-0.1, -0.05) is 37.3 Å². The van der Waals surface area contributed by atoms with E-state index in [0.29, 0.717) is 12.2 Å². The zero-order valence-corrected chi connectivity index (χ0v) is 14.8. The summed E-state index contributed by atoms with van der Waals surface area (Å²) >= 11 is 1.64. The largest absolute Gasteiger partial charge is 0.310 e. The summed E-state index contributed by atoms with van der Waals surface area (Å²) in [5.41, 5.74) is 1.26. The minimum atomic E-state index is 0.0110. The molecule has 1 aromatic carbocycles. The van der Waals surface area contributed by atoms with Gasteiger partial charge in [0.05, 0.1) is 5.39 Å². The molecular formula is C19H21N3OS. The summed E-state index contributed by atoms with van der Waals surface area (Å²) in [5.74, 6) is 1.42. The van der Waals surface area contributed by atoms with Crippen molar-refractivity contribution in [2.75, 3.05) is 5.32 Å². The van der Waals surface area contributed by atoms with Crippen LogP contribution in [0.2, 0.25) is 0 Å². The fourth-order valence-corrected chi connectivity index (χ4v) is 3.53. The highest BCUT2D eigenvalue weighted by Gasteiger charge is 2.12. The van der Waals surface area contributed by atoms with Crippen molar-refractivity contribution in [3.63, 3.8) is 0 Å². The predicted molar refractivity (Wildman–Crippen MR) is 99.5 cm³/mol. The third kappa shape index (κ3) is 3.97. The van der Waals surface area contributed by atoms with E-state index < -0.39 is 0 Å². The molecule has 0 aliphatic rings. The van der Waals surface area contributed by atoms with Crippen molar-refractivity contribution in [1.82, 2.24) is 9.97 Å². The summed E-state index contributed by atoms with van der Waals surface area (Å²) in [7, 11) is 0. The van der Waals surface area contributed by atoms with Gasteiger partial charge in [0.15, 0.2) is 0 Å². The van der Waals surface area contributed by atoms with Crippen molar-refractivity contribution in [2.24, 2.45) is 0 Å². The van der Waals surface area contributed by atoms with Crippen molar-refractivity contribution in [2.45, 2.75) is 39.5 Å². The van der Waals surface area contributed by atoms with Gasteiger partial charge in [0, 0.05) is 17.7 Å². The molecule has 0 aliphatic carbocycles. The number of nitrogens with zero attached hydrogens (tertiary/aromatic N) is 2. The quantitative estimate of drug-likeness (QED) is 0.718. The number of benzene rings is 1. The third-order valence-electron chi connectivity index (χ3n) is 3.85. The second-order valence-electron chi connectivity index (χ2n) is 5.81. The van der Waals surface area contributed by atoms with E-state index in [4.69, 9.17) is 0 Å². The van der Waals surface area contributed by atoms with E-state index in [2.05, 4.69) is 27.4 Å². The number of carbonyl (C=O) groups excluding carboxylic acids is 1. The van der Waals surface area contributed by atoms with E-state index >= 15 is 0 Å². The third-order valence-corrected chi connectivity index (χ3v) is 4.79. The molecule has 0 saturated heterocycles. The van der Waals surface area contributed by atoms with Crippen LogP contribution < -0.4 is 5.32 Å². The molecule has 0 radical (unpaired) electrons. The van der Waals surface area contributed by atoms with Crippen LogP contribution in [0.4, 0.5) is 5.82 Å². The highest BCUT2D eigenvalue weighted by atomic mass is 32.1. The molecule has 1 N–H and O–H groups in total. The van der Waals surface area contributed by atoms with Crippen LogP contribution in [-0.4, -0.2) is 15.9 Å². The molecule has 0 atom stereocenters. The Balaban J connectivity index is 1.66. The average molecular weight is 339 g/mol. The molecule has 0 saturated carbocycles. The van der Waals surface area contributed by atoms with E-state index in [1.807, 2.05) is 38.1 Å². The normalized spacial score (nSPS) is 10.9. The summed E-state index contributed by atoms with van der Waals surface area (Å²) in [4.78, 5) is 23.4. The van der Waals surface area contributed by atoms with Crippen LogP contribution in [0.1, 0.15) is 36.0 Å². The summed E-state index contributed by atoms with van der Waals surface area (Å²) in [6.45, 7) is 4.07. The number of aryl methyl sites for hydroxylation is 3. The molecule has 1 amide bonds. The van der Waals surface area contributed by atoms with Crippen LogP contribution in [-0.2, 0) is 17.6 Å². The van der Waals surface area contributed by atoms with Gasteiger partial charge in [0.1, 0.15) is 16.5 Å². The maximum absolute atomic E-state index is 12.3. The standard InChI is InChI=1S/C19H21N3OS/c1-3-16-20-18(15-12-13(2)24-19(15)21-16)22-17(23)11-7-10-14-8-5-4-6-9-14/h4-6,8-9,12H,3,7,10-11H2,1-2H3,(H,20,21,22,23). The highest BCUT2D eigenvalue weighted by Crippen LogP contribution is 2.28. The fourth-order valence-electron chi connectivity index (χ4n) is 2.63. The van der Waals surface area contributed by atoms with Crippen LogP contribution in [0.5, 0.6) is 0 Å². The van der Waals surface area contributed by atoms with Gasteiger partial charge in [-0.05, 0) is 31.4 Å². The lowest BCUT2D eigenvalue weighted by Crippen LogP contribution is -2.14. The van der Waals surface area contributed by atoms with E-state index in [1.165, 1.54) is 10.4 Å². The predicted octanol–water partition coefficient (Wildman–Crippen LogP) is 4.52. The molecule has 0 unspecified atom stereocenters. The number of anilines is 1. The Hall–Kier alpha value is -2.27. The Morgan fingerprint density at radius 1 is 1.21 bits per heavy atom. The van der Waals surface area contributed by atoms with E-state index in [1.54, 1.807) is 11.3 Å². The Morgan fingerprint density at radius 2 is 2.00 bits per heavy atom. The van der Waals surface area contributed by atoms with Gasteiger partial charge in [-0.15, -0.1) is 11.3 Å². The molecule has 24 heavy (non-hydrogen) atoms. The van der Waals surface area contributed by atoms with E-state index in [9.17, 15) is 4.79 Å². The number of nitrogens with one attached hydrogen (secondary N) is 1. The van der Waals surface area contributed by atoms with Gasteiger partial charge in [-0.3, -0.25) is 4.79 Å². The highest BCUT2D eigenvalue weighted by molar-refractivity contribution is 7.18. The lowest BCUT2D eigenvalue weighted by Gasteiger charge is -2.07. The Morgan fingerprint density at radius 3 is 2.75 bits per heavy atom. The number of amides is 1. The maximum atomic E-state index is 12.3. The number of hydrogen-bond donors (Lipinski definition) is 1. The minimum Gasteiger partial charge on any atom is -0.310 e. The van der Waals surface area contributed by atoms with E-state index in [-0.39, 0.29) is 5.91 Å². The topological polar surface area (TPSA) is 54.9 Å². The number of thiophene rings is 1. The molecule has 0 fully saturated rings. The van der Waals surface area contributed by atoms with Gasteiger partial charge in [0.2, 0.25) is 5.91 Å². The SMILES string of the molecule is CCc1nc(NC(=O)CCCc2ccccc2)c2cc(C)sc2n1. The first-order valence-electron chi connectivity index (χ1n) is 8.26. The first-order valence-corrected chi connectivity index (χ1v) is 9.08. The minimum absolute atomic E-state index is 0.0110. The lowest BCUT2D eigenvalue weighted by molar-refractivity contribution is -0.116. The number of aromatic nitrogens is 2. The molecule has 4 nitrogen and oxygen atoms in total. The smallest absolute Gasteiger partial charge is 0.225 e. The molecule has 2 aromatic heterocycles.